The SMILES string of the molecule is CC(NS(=O)(=O)c1cccc(C(F)(F)F)c1)C1C=CC=C(NC2=CC(=O)N(C3CCC(=O)NC3=O)C2=O)C1. The minimum Gasteiger partial charge on any atom is -0.354 e. The quantitative estimate of drug-likeness (QED) is 0.435. The van der Waals surface area contributed by atoms with Crippen molar-refractivity contribution in [2.24, 2.45) is 5.92 Å². The lowest BCUT2D eigenvalue weighted by atomic mass is 9.92. The fourth-order valence-corrected chi connectivity index (χ4v) is 5.69. The topological polar surface area (TPSA) is 142 Å². The molecule has 1 aromatic carbocycles. The van der Waals surface area contributed by atoms with Crippen molar-refractivity contribution in [1.29, 1.82) is 0 Å². The summed E-state index contributed by atoms with van der Waals surface area (Å²) in [4.78, 5) is 49.1. The first-order chi connectivity index (χ1) is 17.8. The van der Waals surface area contributed by atoms with E-state index < -0.39 is 68.3 Å². The first-order valence-electron chi connectivity index (χ1n) is 11.5. The van der Waals surface area contributed by atoms with E-state index in [0.29, 0.717) is 11.8 Å². The van der Waals surface area contributed by atoms with Gasteiger partial charge in [-0.25, -0.2) is 13.1 Å². The van der Waals surface area contributed by atoms with Crippen molar-refractivity contribution in [3.8, 4) is 0 Å². The predicted molar refractivity (Wildman–Crippen MR) is 126 cm³/mol. The number of alkyl halides is 3. The first kappa shape index (κ1) is 27.3. The van der Waals surface area contributed by atoms with Crippen molar-refractivity contribution in [3.63, 3.8) is 0 Å². The number of carbonyl (C=O) groups excluding carboxylic acids is 4. The van der Waals surface area contributed by atoms with Gasteiger partial charge in [0.15, 0.2) is 0 Å². The number of carbonyl (C=O) groups is 4. The molecule has 0 saturated carbocycles. The maximum Gasteiger partial charge on any atom is 0.416 e. The Morgan fingerprint density at radius 3 is 2.58 bits per heavy atom. The Kier molecular flexibility index (Phi) is 7.30. The van der Waals surface area contributed by atoms with Gasteiger partial charge < -0.3 is 5.32 Å². The summed E-state index contributed by atoms with van der Waals surface area (Å²) in [6.45, 7) is 1.55. The van der Waals surface area contributed by atoms with Crippen LogP contribution in [0.1, 0.15) is 31.7 Å². The number of nitrogens with one attached hydrogen (secondary N) is 3. The molecule has 1 saturated heterocycles. The second kappa shape index (κ2) is 10.2. The van der Waals surface area contributed by atoms with Crippen molar-refractivity contribution < 1.29 is 40.8 Å². The summed E-state index contributed by atoms with van der Waals surface area (Å²) in [7, 11) is -4.28. The Morgan fingerprint density at radius 1 is 1.16 bits per heavy atom. The number of sulfonamides is 1. The number of piperidine rings is 1. The van der Waals surface area contributed by atoms with Gasteiger partial charge in [0, 0.05) is 24.2 Å². The lowest BCUT2D eigenvalue weighted by Gasteiger charge is -2.29. The first-order valence-corrected chi connectivity index (χ1v) is 13.0. The van der Waals surface area contributed by atoms with E-state index in [4.69, 9.17) is 0 Å². The maximum absolute atomic E-state index is 13.0. The molecular weight excluding hydrogens is 529 g/mol. The number of nitrogens with zero attached hydrogens (tertiary/aromatic N) is 1. The highest BCUT2D eigenvalue weighted by Crippen LogP contribution is 2.31. The van der Waals surface area contributed by atoms with Gasteiger partial charge in [0.05, 0.1) is 10.5 Å². The normalized spacial score (nSPS) is 23.2. The molecule has 3 aliphatic rings. The highest BCUT2D eigenvalue weighted by molar-refractivity contribution is 7.89. The van der Waals surface area contributed by atoms with Crippen LogP contribution in [0.3, 0.4) is 0 Å². The molecule has 14 heteroatoms. The lowest BCUT2D eigenvalue weighted by Crippen LogP contribution is -2.54. The molecule has 3 unspecified atom stereocenters. The van der Waals surface area contributed by atoms with Gasteiger partial charge in [-0.05, 0) is 50.0 Å². The van der Waals surface area contributed by atoms with Crippen LogP contribution < -0.4 is 15.4 Å². The average Bonchev–Trinajstić information content (AvgIpc) is 3.11. The zero-order valence-corrected chi connectivity index (χ0v) is 20.7. The number of imide groups is 2. The Balaban J connectivity index is 1.40. The Hall–Kier alpha value is -3.78. The second-order valence-corrected chi connectivity index (χ2v) is 10.8. The van der Waals surface area contributed by atoms with Crippen molar-refractivity contribution in [2.45, 2.75) is 49.3 Å². The molecule has 3 atom stereocenters. The molecular formula is C24H23F3N4O6S. The monoisotopic (exact) mass is 552 g/mol. The van der Waals surface area contributed by atoms with Gasteiger partial charge in [-0.3, -0.25) is 29.4 Å². The molecule has 0 aromatic heterocycles. The van der Waals surface area contributed by atoms with Crippen molar-refractivity contribution in [1.82, 2.24) is 20.3 Å². The van der Waals surface area contributed by atoms with Gasteiger partial charge in [0.2, 0.25) is 21.8 Å². The molecule has 1 fully saturated rings. The smallest absolute Gasteiger partial charge is 0.354 e. The van der Waals surface area contributed by atoms with E-state index in [1.807, 2.05) is 0 Å². The van der Waals surface area contributed by atoms with Gasteiger partial charge >= 0.3 is 6.18 Å². The molecule has 1 aromatic rings. The van der Waals surface area contributed by atoms with Crippen LogP contribution in [-0.2, 0) is 35.4 Å². The van der Waals surface area contributed by atoms with Gasteiger partial charge in [-0.1, -0.05) is 18.2 Å². The average molecular weight is 553 g/mol. The van der Waals surface area contributed by atoms with Crippen LogP contribution in [0.15, 0.2) is 64.9 Å². The van der Waals surface area contributed by atoms with E-state index in [2.05, 4.69) is 15.4 Å². The highest BCUT2D eigenvalue weighted by Gasteiger charge is 2.42. The summed E-state index contributed by atoms with van der Waals surface area (Å²) in [5, 5.41) is 4.95. The fraction of sp³-hybridized carbons (Fsp3) is 0.333. The third-order valence-corrected chi connectivity index (χ3v) is 7.89. The van der Waals surface area contributed by atoms with Crippen LogP contribution in [-0.4, -0.2) is 49.0 Å². The number of benzene rings is 1. The van der Waals surface area contributed by atoms with Crippen LogP contribution in [0.25, 0.3) is 0 Å². The zero-order valence-electron chi connectivity index (χ0n) is 19.9. The second-order valence-electron chi connectivity index (χ2n) is 9.04. The molecule has 2 heterocycles. The predicted octanol–water partition coefficient (Wildman–Crippen LogP) is 1.48. The molecule has 38 heavy (non-hydrogen) atoms. The number of amides is 4. The van der Waals surface area contributed by atoms with Crippen LogP contribution in [0, 0.1) is 5.92 Å². The summed E-state index contributed by atoms with van der Waals surface area (Å²) in [5.41, 5.74) is -0.701. The van der Waals surface area contributed by atoms with Crippen LogP contribution in [0.4, 0.5) is 13.2 Å². The van der Waals surface area contributed by atoms with Crippen molar-refractivity contribution in [2.75, 3.05) is 0 Å². The highest BCUT2D eigenvalue weighted by atomic mass is 32.2. The third-order valence-electron chi connectivity index (χ3n) is 6.34. The number of hydrogen-bond donors (Lipinski definition) is 3. The summed E-state index contributed by atoms with van der Waals surface area (Å²) in [6.07, 6.45) is 1.50. The summed E-state index contributed by atoms with van der Waals surface area (Å²) < 4.78 is 66.9. The molecule has 0 bridgehead atoms. The molecule has 4 amide bonds. The molecule has 202 valence electrons. The number of allylic oxidation sites excluding steroid dienone is 3. The number of rotatable bonds is 7. The molecule has 4 rings (SSSR count). The van der Waals surface area contributed by atoms with E-state index in [1.54, 1.807) is 25.2 Å². The molecule has 2 aliphatic heterocycles. The van der Waals surface area contributed by atoms with E-state index in [-0.39, 0.29) is 25.0 Å². The van der Waals surface area contributed by atoms with Gasteiger partial charge in [0.25, 0.3) is 11.8 Å². The van der Waals surface area contributed by atoms with Crippen LogP contribution in [0.5, 0.6) is 0 Å². The largest absolute Gasteiger partial charge is 0.416 e. The summed E-state index contributed by atoms with van der Waals surface area (Å²) in [6, 6.07) is 1.56. The minimum absolute atomic E-state index is 0.0118. The number of halogens is 3. The molecule has 1 aliphatic carbocycles. The lowest BCUT2D eigenvalue weighted by molar-refractivity contribution is -0.149. The standard InChI is InChI=1S/C24H23F3N4O6S/c1-13(30-38(36,37)17-7-3-5-15(11-17)24(25,26)27)14-4-2-6-16(10-14)28-18-12-21(33)31(23(18)35)19-8-9-20(32)29-22(19)34/h2-7,11-14,19,28,30H,8-10H2,1H3,(H,29,32,34). The molecule has 10 nitrogen and oxygen atoms in total. The molecule has 0 spiro atoms. The van der Waals surface area contributed by atoms with E-state index >= 15 is 0 Å². The van der Waals surface area contributed by atoms with Gasteiger partial charge in [-0.15, -0.1) is 0 Å². The third kappa shape index (κ3) is 5.70. The van der Waals surface area contributed by atoms with E-state index in [9.17, 15) is 40.8 Å². The Bertz CT molecular complexity index is 1400. The Labute approximate surface area is 215 Å². The summed E-state index contributed by atoms with van der Waals surface area (Å²) >= 11 is 0. The fourth-order valence-electron chi connectivity index (χ4n) is 4.35. The van der Waals surface area contributed by atoms with Crippen LogP contribution >= 0.6 is 0 Å². The van der Waals surface area contributed by atoms with Crippen molar-refractivity contribution in [3.05, 3.63) is 65.5 Å². The van der Waals surface area contributed by atoms with Crippen LogP contribution in [0.2, 0.25) is 0 Å². The van der Waals surface area contributed by atoms with Crippen molar-refractivity contribution >= 4 is 33.7 Å². The number of hydrogen-bond acceptors (Lipinski definition) is 7. The molecule has 3 N–H and O–H groups in total. The van der Waals surface area contributed by atoms with Gasteiger partial charge in [-0.2, -0.15) is 13.2 Å². The Morgan fingerprint density at radius 2 is 1.89 bits per heavy atom. The van der Waals surface area contributed by atoms with Gasteiger partial charge in [0.1, 0.15) is 11.7 Å². The van der Waals surface area contributed by atoms with E-state index in [1.165, 1.54) is 0 Å². The summed E-state index contributed by atoms with van der Waals surface area (Å²) in [5.74, 6) is -3.12. The minimum atomic E-state index is -4.70. The maximum atomic E-state index is 13.0. The zero-order chi connectivity index (χ0) is 27.8. The molecule has 0 radical (unpaired) electrons. The van der Waals surface area contributed by atoms with E-state index in [0.717, 1.165) is 29.2 Å².